The Kier molecular flexibility index (Phi) is 2.69. The number of anilines is 1. The Bertz CT molecular complexity index is 647. The molecule has 0 atom stereocenters. The van der Waals surface area contributed by atoms with Gasteiger partial charge in [0.15, 0.2) is 0 Å². The number of hydrogen-bond donors (Lipinski definition) is 4. The van der Waals surface area contributed by atoms with Crippen molar-refractivity contribution in [1.29, 1.82) is 0 Å². The molecule has 3 aromatic rings. The molecule has 18 heavy (non-hydrogen) atoms. The average molecular weight is 248 g/mol. The number of carbonyl (C=O) groups excluding carboxylic acids is 1. The molecule has 1 aromatic carbocycles. The zero-order chi connectivity index (χ0) is 12.5. The van der Waals surface area contributed by atoms with Crippen LogP contribution in [0.3, 0.4) is 0 Å². The predicted octanol–water partition coefficient (Wildman–Crippen LogP) is -0.165. The second kappa shape index (κ2) is 4.35. The first-order valence-corrected chi connectivity index (χ1v) is 6.01. The molecule has 7 nitrogen and oxygen atoms in total. The van der Waals surface area contributed by atoms with Gasteiger partial charge in [0, 0.05) is 31.7 Å². The number of aromatic nitrogens is 3. The van der Waals surface area contributed by atoms with E-state index in [-0.39, 0.29) is 5.91 Å². The topological polar surface area (TPSA) is 91.8 Å². The van der Waals surface area contributed by atoms with E-state index in [1.807, 2.05) is 27.5 Å². The van der Waals surface area contributed by atoms with Gasteiger partial charge >= 0.3 is 0 Å². The first-order chi connectivity index (χ1) is 8.79. The highest BCUT2D eigenvalue weighted by molar-refractivity contribution is 5.93. The fourth-order valence-electron chi connectivity index (χ4n) is 1.95. The van der Waals surface area contributed by atoms with Gasteiger partial charge in [-0.1, -0.05) is 0 Å². The number of benzene rings is 1. The van der Waals surface area contributed by atoms with E-state index < -0.39 is 0 Å². The lowest BCUT2D eigenvalue weighted by atomic mass is 10.2. The molecule has 0 fully saturated rings. The molecule has 0 aliphatic carbocycles. The lowest BCUT2D eigenvalue weighted by molar-refractivity contribution is -0.116. The number of rotatable bonds is 6. The number of hydrogen-bond acceptors (Lipinski definition) is 3. The Labute approximate surface area is 103 Å². The van der Waals surface area contributed by atoms with Crippen LogP contribution in [0.15, 0.2) is 18.2 Å². The summed E-state index contributed by atoms with van der Waals surface area (Å²) in [4.78, 5) is 11.7. The summed E-state index contributed by atoms with van der Waals surface area (Å²) in [5.74, 6) is 0.00871. The summed E-state index contributed by atoms with van der Waals surface area (Å²) >= 11 is 0. The minimum Gasteiger partial charge on any atom is -0.329 e. The largest absolute Gasteiger partial charge is 0.329 e. The quantitative estimate of drug-likeness (QED) is 0.457. The smallest absolute Gasteiger partial charge is 0.225 e. The van der Waals surface area contributed by atoms with E-state index in [1.54, 1.807) is 0 Å². The third-order valence-corrected chi connectivity index (χ3v) is 2.92. The van der Waals surface area contributed by atoms with Crippen LogP contribution in [-0.4, -0.2) is 40.0 Å². The summed E-state index contributed by atoms with van der Waals surface area (Å²) in [7, 11) is 0. The van der Waals surface area contributed by atoms with E-state index in [1.165, 1.54) is 0 Å². The monoisotopic (exact) mass is 248 g/mol. The van der Waals surface area contributed by atoms with Gasteiger partial charge in [-0.15, -0.1) is 0 Å². The van der Waals surface area contributed by atoms with Crippen LogP contribution in [-0.2, 0) is 4.79 Å². The number of amides is 1. The molecule has 0 saturated heterocycles. The molecule has 0 radical (unpaired) electrons. The van der Waals surface area contributed by atoms with Gasteiger partial charge in [0.25, 0.3) is 0 Å². The fourth-order valence-corrected chi connectivity index (χ4v) is 1.95. The minimum absolute atomic E-state index is 0.00871. The van der Waals surface area contributed by atoms with Crippen LogP contribution < -0.4 is 16.4 Å². The maximum Gasteiger partial charge on any atom is 0.225 e. The molecule has 0 spiro atoms. The third kappa shape index (κ3) is 1.93. The van der Waals surface area contributed by atoms with E-state index in [9.17, 15) is 4.79 Å². The number of nitrogens with zero attached hydrogens (tertiary/aromatic N) is 2. The molecule has 0 aliphatic heterocycles. The molecule has 7 heteroatoms. The highest BCUT2D eigenvalue weighted by Gasteiger charge is 2.14. The first kappa shape index (κ1) is 11.1. The molecular formula is C11H16N6O. The number of fused-ring (bicyclic) bond motifs is 4. The summed E-state index contributed by atoms with van der Waals surface area (Å²) < 4.78 is 3.84. The van der Waals surface area contributed by atoms with Crippen molar-refractivity contribution in [2.24, 2.45) is 5.73 Å². The highest BCUT2D eigenvalue weighted by atomic mass is 16.1. The van der Waals surface area contributed by atoms with Gasteiger partial charge in [-0.2, -0.15) is 14.5 Å². The molecule has 96 valence electrons. The van der Waals surface area contributed by atoms with Crippen molar-refractivity contribution in [3.63, 3.8) is 0 Å². The average Bonchev–Trinajstić information content (AvgIpc) is 3.07. The van der Waals surface area contributed by atoms with Crippen molar-refractivity contribution in [3.05, 3.63) is 18.2 Å². The molecule has 0 saturated carbocycles. The van der Waals surface area contributed by atoms with Crippen molar-refractivity contribution < 1.29 is 4.79 Å². The maximum absolute atomic E-state index is 11.7. The lowest BCUT2D eigenvalue weighted by Gasteiger charge is -2.07. The van der Waals surface area contributed by atoms with E-state index in [4.69, 9.17) is 5.73 Å². The Morgan fingerprint density at radius 3 is 2.94 bits per heavy atom. The van der Waals surface area contributed by atoms with E-state index in [0.29, 0.717) is 19.5 Å². The molecule has 2 heterocycles. The van der Waals surface area contributed by atoms with E-state index in [2.05, 4.69) is 15.8 Å². The van der Waals surface area contributed by atoms with E-state index >= 15 is 0 Å². The predicted molar refractivity (Wildman–Crippen MR) is 69.1 cm³/mol. The number of H-pyrrole nitrogens is 1. The van der Waals surface area contributed by atoms with Crippen LogP contribution in [0.5, 0.6) is 0 Å². The summed E-state index contributed by atoms with van der Waals surface area (Å²) in [6.45, 7) is 1.98. The Morgan fingerprint density at radius 1 is 1.28 bits per heavy atom. The molecule has 1 amide bonds. The molecule has 2 aromatic heterocycles. The van der Waals surface area contributed by atoms with Gasteiger partial charge in [0.2, 0.25) is 5.91 Å². The molecule has 0 unspecified atom stereocenters. The zero-order valence-electron chi connectivity index (χ0n) is 9.94. The minimum atomic E-state index is 0.00871. The maximum atomic E-state index is 11.7. The molecule has 0 bridgehead atoms. The van der Waals surface area contributed by atoms with Crippen LogP contribution in [0.4, 0.5) is 5.69 Å². The third-order valence-electron chi connectivity index (χ3n) is 2.92. The van der Waals surface area contributed by atoms with Gasteiger partial charge in [0.05, 0.1) is 0 Å². The normalized spacial score (nSPS) is 11.8. The van der Waals surface area contributed by atoms with Gasteiger partial charge in [-0.3, -0.25) is 4.79 Å². The SMILES string of the molecule is NCCNCCC(=O)Nc1ccc2c(c1)n1[nH]n21. The van der Waals surface area contributed by atoms with Crippen molar-refractivity contribution in [3.8, 4) is 0 Å². The van der Waals surface area contributed by atoms with Crippen molar-refractivity contribution in [1.82, 2.24) is 19.8 Å². The van der Waals surface area contributed by atoms with Crippen molar-refractivity contribution in [2.75, 3.05) is 25.0 Å². The second-order valence-corrected chi connectivity index (χ2v) is 4.26. The molecule has 5 N–H and O–H groups in total. The number of aromatic amines is 1. The Hall–Kier alpha value is -1.99. The molecule has 0 aliphatic rings. The van der Waals surface area contributed by atoms with Crippen LogP contribution in [0.2, 0.25) is 0 Å². The Balaban J connectivity index is 1.54. The van der Waals surface area contributed by atoms with Gasteiger partial charge in [-0.25, -0.2) is 0 Å². The van der Waals surface area contributed by atoms with Gasteiger partial charge < -0.3 is 16.4 Å². The van der Waals surface area contributed by atoms with Crippen LogP contribution >= 0.6 is 0 Å². The highest BCUT2D eigenvalue weighted by Crippen LogP contribution is 2.22. The summed E-state index contributed by atoms with van der Waals surface area (Å²) in [6, 6.07) is 5.84. The van der Waals surface area contributed by atoms with Crippen molar-refractivity contribution >= 4 is 22.6 Å². The molecule has 3 rings (SSSR count). The standard InChI is InChI=1S/C11H16N6O/c12-4-6-13-5-3-11(18)14-8-1-2-9-10(7-8)17-15-16(9)17/h1-2,7,13,15H,3-6,12H2,(H,14,18). The van der Waals surface area contributed by atoms with Gasteiger partial charge in [-0.05, 0) is 18.2 Å². The Morgan fingerprint density at radius 2 is 2.11 bits per heavy atom. The van der Waals surface area contributed by atoms with Crippen molar-refractivity contribution in [2.45, 2.75) is 6.42 Å². The van der Waals surface area contributed by atoms with Crippen LogP contribution in [0.25, 0.3) is 11.0 Å². The second-order valence-electron chi connectivity index (χ2n) is 4.26. The van der Waals surface area contributed by atoms with E-state index in [0.717, 1.165) is 23.3 Å². The summed E-state index contributed by atoms with van der Waals surface area (Å²) in [5.41, 5.74) is 8.40. The number of nitrogens with two attached hydrogens (primary N) is 1. The fraction of sp³-hybridized carbons (Fsp3) is 0.364. The molecular weight excluding hydrogens is 232 g/mol. The zero-order valence-corrected chi connectivity index (χ0v) is 9.94. The van der Waals surface area contributed by atoms with Crippen LogP contribution in [0.1, 0.15) is 6.42 Å². The first-order valence-electron chi connectivity index (χ1n) is 6.01. The number of nitrogens with one attached hydrogen (secondary N) is 3. The van der Waals surface area contributed by atoms with Gasteiger partial charge in [0.1, 0.15) is 11.0 Å². The lowest BCUT2D eigenvalue weighted by Crippen LogP contribution is -2.26. The number of carbonyl (C=O) groups is 1. The summed E-state index contributed by atoms with van der Waals surface area (Å²) in [5, 5.41) is 9.00. The van der Waals surface area contributed by atoms with Crippen LogP contribution in [0, 0.1) is 0 Å². The summed E-state index contributed by atoms with van der Waals surface area (Å²) in [6.07, 6.45) is 0.450.